The number of ketones is 1. The van der Waals surface area contributed by atoms with E-state index in [0.29, 0.717) is 36.2 Å². The van der Waals surface area contributed by atoms with Crippen molar-refractivity contribution >= 4 is 29.4 Å². The lowest BCUT2D eigenvalue weighted by Crippen LogP contribution is -2.40. The van der Waals surface area contributed by atoms with Crippen molar-refractivity contribution in [1.82, 2.24) is 0 Å². The average molecular weight is 387 g/mol. The molecule has 0 bridgehead atoms. The standard InChI is InChI=1S/C24H21NO4/c26-21-11-5-10-20-23(21)17(13-12-16-6-2-1-3-7-16)15-22(27)25(20)19-9-4-8-18(14-19)24(28)29/h1-4,6-9,12-14,17H,5,10-11,15H2,(H,28,29)/b13-12+. The molecular weight excluding hydrogens is 366 g/mol. The lowest BCUT2D eigenvalue weighted by atomic mass is 9.80. The zero-order valence-corrected chi connectivity index (χ0v) is 15.9. The molecule has 2 aromatic rings. The fourth-order valence-corrected chi connectivity index (χ4v) is 4.07. The maximum atomic E-state index is 13.1. The van der Waals surface area contributed by atoms with Crippen molar-refractivity contribution in [3.63, 3.8) is 0 Å². The first-order chi connectivity index (χ1) is 14.0. The van der Waals surface area contributed by atoms with E-state index in [1.54, 1.807) is 17.0 Å². The van der Waals surface area contributed by atoms with E-state index in [4.69, 9.17) is 0 Å². The molecule has 1 unspecified atom stereocenters. The van der Waals surface area contributed by atoms with Gasteiger partial charge in [0, 0.05) is 35.7 Å². The summed E-state index contributed by atoms with van der Waals surface area (Å²) in [6.07, 6.45) is 5.87. The van der Waals surface area contributed by atoms with Gasteiger partial charge in [0.1, 0.15) is 0 Å². The zero-order chi connectivity index (χ0) is 20.4. The SMILES string of the molecule is O=C1CCCC2=C1C(/C=C/c1ccccc1)CC(=O)N2c1cccc(C(=O)O)c1. The van der Waals surface area contributed by atoms with Gasteiger partial charge in [0.15, 0.2) is 5.78 Å². The number of benzene rings is 2. The summed E-state index contributed by atoms with van der Waals surface area (Å²) in [6.45, 7) is 0. The molecule has 1 aliphatic carbocycles. The van der Waals surface area contributed by atoms with Crippen molar-refractivity contribution in [3.05, 3.63) is 83.1 Å². The number of nitrogens with zero attached hydrogens (tertiary/aromatic N) is 1. The molecule has 1 aliphatic heterocycles. The molecule has 0 saturated carbocycles. The number of anilines is 1. The van der Waals surface area contributed by atoms with E-state index in [9.17, 15) is 19.5 Å². The first-order valence-corrected chi connectivity index (χ1v) is 9.70. The van der Waals surface area contributed by atoms with Crippen LogP contribution in [0.2, 0.25) is 0 Å². The molecule has 146 valence electrons. The first kappa shape index (κ1) is 18.9. The molecular formula is C24H21NO4. The van der Waals surface area contributed by atoms with Gasteiger partial charge >= 0.3 is 5.97 Å². The number of rotatable bonds is 4. The number of carbonyl (C=O) groups excluding carboxylic acids is 2. The Morgan fingerprint density at radius 1 is 1.03 bits per heavy atom. The predicted octanol–water partition coefficient (Wildman–Crippen LogP) is 4.46. The minimum atomic E-state index is -1.05. The molecule has 1 heterocycles. The highest BCUT2D eigenvalue weighted by molar-refractivity contribution is 6.07. The van der Waals surface area contributed by atoms with Crippen molar-refractivity contribution in [2.75, 3.05) is 4.90 Å². The Labute approximate surface area is 169 Å². The van der Waals surface area contributed by atoms with Crippen LogP contribution in [0, 0.1) is 5.92 Å². The average Bonchev–Trinajstić information content (AvgIpc) is 2.73. The maximum absolute atomic E-state index is 13.1. The number of aromatic carboxylic acids is 1. The topological polar surface area (TPSA) is 74.7 Å². The predicted molar refractivity (Wildman–Crippen MR) is 110 cm³/mol. The van der Waals surface area contributed by atoms with Crippen molar-refractivity contribution in [1.29, 1.82) is 0 Å². The molecule has 0 aromatic heterocycles. The van der Waals surface area contributed by atoms with Gasteiger partial charge in [0.25, 0.3) is 0 Å². The summed E-state index contributed by atoms with van der Waals surface area (Å²) in [6, 6.07) is 16.1. The Morgan fingerprint density at radius 2 is 1.83 bits per heavy atom. The number of carboxylic acid groups (broad SMARTS) is 1. The molecule has 29 heavy (non-hydrogen) atoms. The highest BCUT2D eigenvalue weighted by Crippen LogP contribution is 2.39. The van der Waals surface area contributed by atoms with Crippen LogP contribution in [0.1, 0.15) is 41.6 Å². The summed E-state index contributed by atoms with van der Waals surface area (Å²) < 4.78 is 0. The second-order valence-electron chi connectivity index (χ2n) is 7.30. The van der Waals surface area contributed by atoms with Crippen LogP contribution < -0.4 is 4.90 Å². The molecule has 4 rings (SSSR count). The summed E-state index contributed by atoms with van der Waals surface area (Å²) in [5.74, 6) is -1.36. The van der Waals surface area contributed by atoms with Gasteiger partial charge in [-0.15, -0.1) is 0 Å². The maximum Gasteiger partial charge on any atom is 0.335 e. The highest BCUT2D eigenvalue weighted by Gasteiger charge is 2.38. The minimum Gasteiger partial charge on any atom is -0.478 e. The molecule has 0 radical (unpaired) electrons. The van der Waals surface area contributed by atoms with Gasteiger partial charge < -0.3 is 5.11 Å². The number of Topliss-reactive ketones (excluding diaryl/α,β-unsaturated/α-hetero) is 1. The quantitative estimate of drug-likeness (QED) is 0.841. The van der Waals surface area contributed by atoms with Crippen LogP contribution in [0.15, 0.2) is 71.9 Å². The smallest absolute Gasteiger partial charge is 0.335 e. The van der Waals surface area contributed by atoms with E-state index in [2.05, 4.69) is 0 Å². The second kappa shape index (κ2) is 7.87. The van der Waals surface area contributed by atoms with Gasteiger partial charge in [0.2, 0.25) is 5.91 Å². The molecule has 2 aliphatic rings. The Kier molecular flexibility index (Phi) is 5.12. The third-order valence-corrected chi connectivity index (χ3v) is 5.39. The van der Waals surface area contributed by atoms with Crippen LogP contribution in [0.4, 0.5) is 5.69 Å². The van der Waals surface area contributed by atoms with Gasteiger partial charge in [-0.2, -0.15) is 0 Å². The van der Waals surface area contributed by atoms with Crippen LogP contribution in [-0.2, 0) is 9.59 Å². The molecule has 0 fully saturated rings. The number of carbonyl (C=O) groups is 3. The summed E-state index contributed by atoms with van der Waals surface area (Å²) in [7, 11) is 0. The third kappa shape index (κ3) is 3.76. The van der Waals surface area contributed by atoms with Crippen molar-refractivity contribution in [3.8, 4) is 0 Å². The summed E-state index contributed by atoms with van der Waals surface area (Å²) >= 11 is 0. The van der Waals surface area contributed by atoms with E-state index in [0.717, 1.165) is 5.56 Å². The van der Waals surface area contributed by atoms with Gasteiger partial charge in [-0.1, -0.05) is 48.6 Å². The molecule has 1 atom stereocenters. The van der Waals surface area contributed by atoms with Crippen LogP contribution >= 0.6 is 0 Å². The molecule has 0 spiro atoms. The van der Waals surface area contributed by atoms with E-state index in [1.165, 1.54) is 12.1 Å². The van der Waals surface area contributed by atoms with Gasteiger partial charge in [-0.05, 0) is 36.6 Å². The summed E-state index contributed by atoms with van der Waals surface area (Å²) in [5.41, 5.74) is 3.03. The largest absolute Gasteiger partial charge is 0.478 e. The number of allylic oxidation sites excluding steroid dienone is 3. The van der Waals surface area contributed by atoms with Gasteiger partial charge in [0.05, 0.1) is 5.56 Å². The van der Waals surface area contributed by atoms with Crippen LogP contribution in [0.25, 0.3) is 6.08 Å². The Bertz CT molecular complexity index is 1040. The number of hydrogen-bond donors (Lipinski definition) is 1. The zero-order valence-electron chi connectivity index (χ0n) is 15.9. The third-order valence-electron chi connectivity index (χ3n) is 5.39. The second-order valence-corrected chi connectivity index (χ2v) is 7.30. The summed E-state index contributed by atoms with van der Waals surface area (Å²) in [5, 5.41) is 9.29. The molecule has 5 nitrogen and oxygen atoms in total. The highest BCUT2D eigenvalue weighted by atomic mass is 16.4. The molecule has 1 N–H and O–H groups in total. The van der Waals surface area contributed by atoms with E-state index < -0.39 is 5.97 Å². The van der Waals surface area contributed by atoms with E-state index >= 15 is 0 Å². The van der Waals surface area contributed by atoms with Crippen molar-refractivity contribution in [2.24, 2.45) is 5.92 Å². The van der Waals surface area contributed by atoms with Crippen LogP contribution in [0.5, 0.6) is 0 Å². The molecule has 2 aromatic carbocycles. The van der Waals surface area contributed by atoms with Gasteiger partial charge in [-0.3, -0.25) is 14.5 Å². The lowest BCUT2D eigenvalue weighted by Gasteiger charge is -2.37. The Morgan fingerprint density at radius 3 is 2.59 bits per heavy atom. The van der Waals surface area contributed by atoms with Crippen LogP contribution in [-0.4, -0.2) is 22.8 Å². The molecule has 1 amide bonds. The number of hydrogen-bond acceptors (Lipinski definition) is 3. The Balaban J connectivity index is 1.76. The van der Waals surface area contributed by atoms with E-state index in [1.807, 2.05) is 42.5 Å². The van der Waals surface area contributed by atoms with Crippen LogP contribution in [0.3, 0.4) is 0 Å². The summed E-state index contributed by atoms with van der Waals surface area (Å²) in [4.78, 5) is 38.7. The normalized spacial score (nSPS) is 19.6. The Hall–Kier alpha value is -3.47. The van der Waals surface area contributed by atoms with Crippen molar-refractivity contribution in [2.45, 2.75) is 25.7 Å². The molecule has 0 saturated heterocycles. The number of amides is 1. The van der Waals surface area contributed by atoms with E-state index in [-0.39, 0.29) is 29.6 Å². The fourth-order valence-electron chi connectivity index (χ4n) is 4.07. The van der Waals surface area contributed by atoms with Gasteiger partial charge in [-0.25, -0.2) is 4.79 Å². The molecule has 5 heteroatoms. The number of carboxylic acids is 1. The minimum absolute atomic E-state index is 0.0702. The monoisotopic (exact) mass is 387 g/mol. The van der Waals surface area contributed by atoms with Crippen molar-refractivity contribution < 1.29 is 19.5 Å². The lowest BCUT2D eigenvalue weighted by molar-refractivity contribution is -0.120. The first-order valence-electron chi connectivity index (χ1n) is 9.70. The fraction of sp³-hybridized carbons (Fsp3) is 0.208.